The van der Waals surface area contributed by atoms with Crippen molar-refractivity contribution in [3.63, 3.8) is 0 Å². The van der Waals surface area contributed by atoms with Crippen LogP contribution in [-0.2, 0) is 0 Å². The van der Waals surface area contributed by atoms with E-state index in [1.54, 1.807) is 0 Å². The zero-order chi connectivity index (χ0) is 9.54. The highest BCUT2D eigenvalue weighted by Crippen LogP contribution is 2.37. The zero-order valence-electron chi connectivity index (χ0n) is 7.94. The van der Waals surface area contributed by atoms with E-state index in [1.165, 1.54) is 5.57 Å². The van der Waals surface area contributed by atoms with Gasteiger partial charge in [0.15, 0.2) is 0 Å². The van der Waals surface area contributed by atoms with Gasteiger partial charge in [0.25, 0.3) is 0 Å². The van der Waals surface area contributed by atoms with E-state index in [-0.39, 0.29) is 0 Å². The summed E-state index contributed by atoms with van der Waals surface area (Å²) in [6.45, 7) is 1.93. The van der Waals surface area contributed by atoms with Gasteiger partial charge in [-0.3, -0.25) is 0 Å². The van der Waals surface area contributed by atoms with Gasteiger partial charge in [0, 0.05) is 17.7 Å². The summed E-state index contributed by atoms with van der Waals surface area (Å²) in [5.74, 6) is 1.21. The van der Waals surface area contributed by atoms with Crippen LogP contribution in [-0.4, -0.2) is 9.97 Å². The van der Waals surface area contributed by atoms with Crippen LogP contribution in [0.5, 0.6) is 0 Å². The van der Waals surface area contributed by atoms with Gasteiger partial charge in [-0.15, -0.1) is 0 Å². The quantitative estimate of drug-likeness (QED) is 0.615. The summed E-state index contributed by atoms with van der Waals surface area (Å²) in [4.78, 5) is 8.69. The first-order valence-electron chi connectivity index (χ1n) is 4.74. The number of allylic oxidation sites excluding steroid dienone is 5. The fraction of sp³-hybridized carbons (Fsp3) is 0.167. The molecule has 0 aliphatic heterocycles. The van der Waals surface area contributed by atoms with Crippen molar-refractivity contribution in [1.82, 2.24) is 9.97 Å². The highest BCUT2D eigenvalue weighted by atomic mass is 14.9. The summed E-state index contributed by atoms with van der Waals surface area (Å²) in [6, 6.07) is 0. The van der Waals surface area contributed by atoms with Gasteiger partial charge < -0.3 is 0 Å². The Morgan fingerprint density at radius 3 is 3.14 bits per heavy atom. The molecule has 1 atom stereocenters. The highest BCUT2D eigenvalue weighted by Gasteiger charge is 2.24. The van der Waals surface area contributed by atoms with Crippen molar-refractivity contribution < 1.29 is 0 Å². The first kappa shape index (κ1) is 7.68. The number of hydrogen-bond donors (Lipinski definition) is 0. The molecule has 2 aliphatic rings. The lowest BCUT2D eigenvalue weighted by Crippen LogP contribution is -2.01. The molecular formula is C12H10N2. The maximum atomic E-state index is 4.49. The molecule has 1 heterocycles. The normalized spacial score (nSPS) is 21.8. The van der Waals surface area contributed by atoms with Gasteiger partial charge in [-0.25, -0.2) is 9.97 Å². The van der Waals surface area contributed by atoms with Gasteiger partial charge in [-0.1, -0.05) is 24.3 Å². The summed E-state index contributed by atoms with van der Waals surface area (Å²) in [6.07, 6.45) is 12.5. The largest absolute Gasteiger partial charge is 0.241 e. The molecule has 0 fully saturated rings. The maximum absolute atomic E-state index is 4.49. The van der Waals surface area contributed by atoms with Crippen LogP contribution in [0.25, 0.3) is 6.08 Å². The van der Waals surface area contributed by atoms with Crippen molar-refractivity contribution in [2.45, 2.75) is 12.8 Å². The second-order valence-corrected chi connectivity index (χ2v) is 3.62. The van der Waals surface area contributed by atoms with Crippen molar-refractivity contribution in [3.05, 3.63) is 53.2 Å². The number of aryl methyl sites for hydroxylation is 1. The van der Waals surface area contributed by atoms with Crippen LogP contribution >= 0.6 is 0 Å². The number of hydrogen-bond acceptors (Lipinski definition) is 2. The Morgan fingerprint density at radius 1 is 1.29 bits per heavy atom. The van der Waals surface area contributed by atoms with Gasteiger partial charge in [-0.2, -0.15) is 0 Å². The molecule has 1 aromatic rings. The molecule has 0 spiro atoms. The summed E-state index contributed by atoms with van der Waals surface area (Å²) in [5.41, 5.74) is 3.63. The molecule has 1 aromatic heterocycles. The highest BCUT2D eigenvalue weighted by molar-refractivity contribution is 5.69. The summed E-state index contributed by atoms with van der Waals surface area (Å²) >= 11 is 0. The lowest BCUT2D eigenvalue weighted by atomic mass is 9.96. The standard InChI is InChI=1S/C12H10N2/c1-8-13-7-10-6-9-4-2-3-5-11(9)12(10)14-8/h2-7,11H,1H3. The Kier molecular flexibility index (Phi) is 1.45. The number of aromatic nitrogens is 2. The van der Waals surface area contributed by atoms with E-state index >= 15 is 0 Å². The molecule has 0 N–H and O–H groups in total. The molecule has 2 heteroatoms. The molecule has 0 amide bonds. The van der Waals surface area contributed by atoms with E-state index in [4.69, 9.17) is 0 Å². The van der Waals surface area contributed by atoms with Crippen molar-refractivity contribution in [2.75, 3.05) is 0 Å². The second-order valence-electron chi connectivity index (χ2n) is 3.62. The minimum atomic E-state index is 0.358. The van der Waals surface area contributed by atoms with Crippen LogP contribution in [0.2, 0.25) is 0 Å². The first-order chi connectivity index (χ1) is 6.84. The number of fused-ring (bicyclic) bond motifs is 3. The summed E-state index contributed by atoms with van der Waals surface area (Å²) in [5, 5.41) is 0. The second kappa shape index (κ2) is 2.64. The molecule has 1 unspecified atom stereocenters. The van der Waals surface area contributed by atoms with Crippen LogP contribution < -0.4 is 0 Å². The van der Waals surface area contributed by atoms with Crippen LogP contribution in [0.1, 0.15) is 23.0 Å². The molecule has 0 saturated heterocycles. The fourth-order valence-electron chi connectivity index (χ4n) is 1.98. The lowest BCUT2D eigenvalue weighted by molar-refractivity contribution is 0.917. The third kappa shape index (κ3) is 0.970. The molecular weight excluding hydrogens is 172 g/mol. The van der Waals surface area contributed by atoms with E-state index in [0.717, 1.165) is 17.1 Å². The predicted octanol–water partition coefficient (Wildman–Crippen LogP) is 2.39. The Hall–Kier alpha value is -1.70. The molecule has 0 aromatic carbocycles. The van der Waals surface area contributed by atoms with E-state index < -0.39 is 0 Å². The Bertz CT molecular complexity index is 481. The monoisotopic (exact) mass is 182 g/mol. The third-order valence-corrected chi connectivity index (χ3v) is 2.65. The van der Waals surface area contributed by atoms with Gasteiger partial charge in [0.1, 0.15) is 5.82 Å². The Labute approximate surface area is 82.7 Å². The molecule has 2 nitrogen and oxygen atoms in total. The van der Waals surface area contributed by atoms with Crippen molar-refractivity contribution in [2.24, 2.45) is 0 Å². The van der Waals surface area contributed by atoms with Gasteiger partial charge >= 0.3 is 0 Å². The van der Waals surface area contributed by atoms with Crippen molar-refractivity contribution in [1.29, 1.82) is 0 Å². The minimum absolute atomic E-state index is 0.358. The van der Waals surface area contributed by atoms with E-state index in [1.807, 2.05) is 13.1 Å². The predicted molar refractivity (Wildman–Crippen MR) is 55.8 cm³/mol. The van der Waals surface area contributed by atoms with E-state index in [9.17, 15) is 0 Å². The Balaban J connectivity index is 2.20. The maximum Gasteiger partial charge on any atom is 0.125 e. The summed E-state index contributed by atoms with van der Waals surface area (Å²) in [7, 11) is 0. The molecule has 68 valence electrons. The van der Waals surface area contributed by atoms with Gasteiger partial charge in [0.2, 0.25) is 0 Å². The van der Waals surface area contributed by atoms with Crippen molar-refractivity contribution >= 4 is 6.08 Å². The summed E-state index contributed by atoms with van der Waals surface area (Å²) < 4.78 is 0. The first-order valence-corrected chi connectivity index (χ1v) is 4.74. The van der Waals surface area contributed by atoms with Gasteiger partial charge in [0.05, 0.1) is 5.69 Å². The van der Waals surface area contributed by atoms with Crippen molar-refractivity contribution in [3.8, 4) is 0 Å². The number of rotatable bonds is 0. The average molecular weight is 182 g/mol. The van der Waals surface area contributed by atoms with Crippen LogP contribution in [0.3, 0.4) is 0 Å². The topological polar surface area (TPSA) is 25.8 Å². The molecule has 3 rings (SSSR count). The lowest BCUT2D eigenvalue weighted by Gasteiger charge is -2.11. The molecule has 2 aliphatic carbocycles. The van der Waals surface area contributed by atoms with Crippen LogP contribution in [0.4, 0.5) is 0 Å². The number of nitrogens with zero attached hydrogens (tertiary/aromatic N) is 2. The molecule has 0 bridgehead atoms. The Morgan fingerprint density at radius 2 is 2.21 bits per heavy atom. The van der Waals surface area contributed by atoms with Gasteiger partial charge in [-0.05, 0) is 18.6 Å². The van der Waals surface area contributed by atoms with Crippen LogP contribution in [0.15, 0.2) is 36.1 Å². The third-order valence-electron chi connectivity index (χ3n) is 2.65. The smallest absolute Gasteiger partial charge is 0.125 e. The SMILES string of the molecule is Cc1ncc2c(n1)C1C=CC=CC1=C2. The van der Waals surface area contributed by atoms with Crippen LogP contribution in [0, 0.1) is 6.92 Å². The molecule has 14 heavy (non-hydrogen) atoms. The minimum Gasteiger partial charge on any atom is -0.241 e. The fourth-order valence-corrected chi connectivity index (χ4v) is 1.98. The average Bonchev–Trinajstić information content (AvgIpc) is 2.56. The van der Waals surface area contributed by atoms with E-state index in [2.05, 4.69) is 40.3 Å². The zero-order valence-corrected chi connectivity index (χ0v) is 7.94. The molecule has 0 saturated carbocycles. The molecule has 0 radical (unpaired) electrons. The van der Waals surface area contributed by atoms with E-state index in [0.29, 0.717) is 5.92 Å².